The summed E-state index contributed by atoms with van der Waals surface area (Å²) >= 11 is 13.8. The van der Waals surface area contributed by atoms with E-state index in [9.17, 15) is 4.39 Å². The molecule has 2 atom stereocenters. The van der Waals surface area contributed by atoms with Gasteiger partial charge in [0.05, 0.1) is 0 Å². The first-order chi connectivity index (χ1) is 7.16. The molecular weight excluding hydrogens is 254 g/mol. The molecule has 1 fully saturated rings. The molecule has 0 nitrogen and oxygen atoms in total. The van der Waals surface area contributed by atoms with Gasteiger partial charge in [0.15, 0.2) is 0 Å². The summed E-state index contributed by atoms with van der Waals surface area (Å²) < 4.78 is 13.4. The predicted octanol–water partition coefficient (Wildman–Crippen LogP) is 3.99. The van der Waals surface area contributed by atoms with Gasteiger partial charge in [-0.1, -0.05) is 11.6 Å². The van der Waals surface area contributed by atoms with Gasteiger partial charge in [0.25, 0.3) is 0 Å². The third-order valence-corrected chi connectivity index (χ3v) is 4.80. The summed E-state index contributed by atoms with van der Waals surface area (Å²) in [6.45, 7) is 0. The molecule has 82 valence electrons. The average molecular weight is 265 g/mol. The van der Waals surface area contributed by atoms with Gasteiger partial charge in [-0.15, -0.1) is 11.6 Å². The number of benzene rings is 1. The average Bonchev–Trinajstić information content (AvgIpc) is 2.58. The minimum Gasteiger partial charge on any atom is -0.207 e. The molecule has 0 radical (unpaired) electrons. The van der Waals surface area contributed by atoms with E-state index in [0.29, 0.717) is 22.9 Å². The monoisotopic (exact) mass is 264 g/mol. The van der Waals surface area contributed by atoms with E-state index < -0.39 is 0 Å². The number of alkyl halides is 1. The van der Waals surface area contributed by atoms with Crippen molar-refractivity contribution in [2.45, 2.75) is 11.8 Å². The summed E-state index contributed by atoms with van der Waals surface area (Å²) in [6, 6.07) is 4.69. The van der Waals surface area contributed by atoms with Crippen molar-refractivity contribution in [3.8, 4) is 0 Å². The molecule has 1 aliphatic rings. The molecule has 0 saturated carbocycles. The van der Waals surface area contributed by atoms with Crippen LogP contribution in [0.4, 0.5) is 4.39 Å². The molecule has 1 saturated heterocycles. The second kappa shape index (κ2) is 4.94. The molecule has 4 heteroatoms. The highest BCUT2D eigenvalue weighted by Crippen LogP contribution is 2.32. The fourth-order valence-corrected chi connectivity index (χ4v) is 3.77. The Morgan fingerprint density at radius 1 is 1.40 bits per heavy atom. The molecule has 0 amide bonds. The first-order valence-corrected chi connectivity index (χ1v) is 6.79. The number of halogens is 3. The van der Waals surface area contributed by atoms with Crippen molar-refractivity contribution >= 4 is 35.0 Å². The van der Waals surface area contributed by atoms with Crippen LogP contribution >= 0.6 is 35.0 Å². The third-order valence-electron chi connectivity index (χ3n) is 2.61. The quantitative estimate of drug-likeness (QED) is 0.728. The van der Waals surface area contributed by atoms with Crippen LogP contribution in [0, 0.1) is 11.7 Å². The fourth-order valence-electron chi connectivity index (χ4n) is 1.74. The van der Waals surface area contributed by atoms with Gasteiger partial charge in [-0.2, -0.15) is 11.8 Å². The van der Waals surface area contributed by atoms with Gasteiger partial charge in [0, 0.05) is 16.2 Å². The van der Waals surface area contributed by atoms with Gasteiger partial charge in [0.2, 0.25) is 0 Å². The van der Waals surface area contributed by atoms with Crippen molar-refractivity contribution in [3.05, 3.63) is 34.6 Å². The molecule has 15 heavy (non-hydrogen) atoms. The maximum atomic E-state index is 13.4. The van der Waals surface area contributed by atoms with E-state index in [-0.39, 0.29) is 11.2 Å². The summed E-state index contributed by atoms with van der Waals surface area (Å²) in [5.41, 5.74) is 0.681. The van der Waals surface area contributed by atoms with Gasteiger partial charge in [-0.05, 0) is 41.9 Å². The van der Waals surface area contributed by atoms with Crippen LogP contribution in [0.1, 0.15) is 5.56 Å². The van der Waals surface area contributed by atoms with Gasteiger partial charge < -0.3 is 0 Å². The van der Waals surface area contributed by atoms with Crippen molar-refractivity contribution in [2.24, 2.45) is 5.92 Å². The molecule has 2 rings (SSSR count). The van der Waals surface area contributed by atoms with E-state index in [1.54, 1.807) is 12.1 Å². The van der Waals surface area contributed by atoms with Crippen LogP contribution in [0.3, 0.4) is 0 Å². The SMILES string of the molecule is Fc1ccc(Cl)cc1CC1CSCC1Cl. The lowest BCUT2D eigenvalue weighted by molar-refractivity contribution is 0.557. The number of hydrogen-bond acceptors (Lipinski definition) is 1. The molecule has 0 N–H and O–H groups in total. The topological polar surface area (TPSA) is 0 Å². The highest BCUT2D eigenvalue weighted by atomic mass is 35.5. The number of hydrogen-bond donors (Lipinski definition) is 0. The van der Waals surface area contributed by atoms with Crippen molar-refractivity contribution in [3.63, 3.8) is 0 Å². The summed E-state index contributed by atoms with van der Waals surface area (Å²) in [7, 11) is 0. The molecule has 2 unspecified atom stereocenters. The normalized spacial score (nSPS) is 25.8. The van der Waals surface area contributed by atoms with E-state index in [4.69, 9.17) is 23.2 Å². The van der Waals surface area contributed by atoms with Crippen molar-refractivity contribution in [1.29, 1.82) is 0 Å². The van der Waals surface area contributed by atoms with Crippen LogP contribution in [0.5, 0.6) is 0 Å². The van der Waals surface area contributed by atoms with Gasteiger partial charge in [-0.3, -0.25) is 0 Å². The second-order valence-corrected chi connectivity index (χ2v) is 5.83. The Bertz CT molecular complexity index is 356. The maximum Gasteiger partial charge on any atom is 0.126 e. The van der Waals surface area contributed by atoms with E-state index >= 15 is 0 Å². The molecule has 0 bridgehead atoms. The van der Waals surface area contributed by atoms with Gasteiger partial charge in [0.1, 0.15) is 5.82 Å². The van der Waals surface area contributed by atoms with Gasteiger partial charge >= 0.3 is 0 Å². The molecule has 0 aliphatic carbocycles. The second-order valence-electron chi connectivity index (χ2n) is 3.75. The summed E-state index contributed by atoms with van der Waals surface area (Å²) in [4.78, 5) is 0. The predicted molar refractivity (Wildman–Crippen MR) is 65.6 cm³/mol. The standard InChI is InChI=1S/C11H11Cl2FS/c12-9-1-2-11(14)7(4-9)3-8-5-15-6-10(8)13/h1-2,4,8,10H,3,5-6H2. The smallest absolute Gasteiger partial charge is 0.126 e. The lowest BCUT2D eigenvalue weighted by Gasteiger charge is -2.13. The number of thioether (sulfide) groups is 1. The zero-order valence-corrected chi connectivity index (χ0v) is 10.4. The van der Waals surface area contributed by atoms with Crippen LogP contribution in [-0.4, -0.2) is 16.9 Å². The van der Waals surface area contributed by atoms with E-state index in [2.05, 4.69) is 0 Å². The highest BCUT2D eigenvalue weighted by Gasteiger charge is 2.26. The Morgan fingerprint density at radius 3 is 2.87 bits per heavy atom. The Hall–Kier alpha value is 0.0800. The van der Waals surface area contributed by atoms with E-state index in [1.165, 1.54) is 6.07 Å². The lowest BCUT2D eigenvalue weighted by atomic mass is 9.98. The molecule has 0 aromatic heterocycles. The Balaban J connectivity index is 2.12. The molecule has 1 aliphatic heterocycles. The van der Waals surface area contributed by atoms with Crippen molar-refractivity contribution in [1.82, 2.24) is 0 Å². The van der Waals surface area contributed by atoms with Crippen LogP contribution in [-0.2, 0) is 6.42 Å². The first-order valence-electron chi connectivity index (χ1n) is 4.82. The molecular formula is C11H11Cl2FS. The zero-order chi connectivity index (χ0) is 10.8. The molecule has 1 aromatic rings. The largest absolute Gasteiger partial charge is 0.207 e. The minimum absolute atomic E-state index is 0.161. The van der Waals surface area contributed by atoms with Crippen LogP contribution in [0.15, 0.2) is 18.2 Å². The summed E-state index contributed by atoms with van der Waals surface area (Å²) in [5.74, 6) is 2.17. The zero-order valence-electron chi connectivity index (χ0n) is 8.05. The van der Waals surface area contributed by atoms with Gasteiger partial charge in [-0.25, -0.2) is 4.39 Å². The third kappa shape index (κ3) is 2.80. The number of rotatable bonds is 2. The van der Waals surface area contributed by atoms with Crippen LogP contribution in [0.2, 0.25) is 5.02 Å². The molecule has 1 heterocycles. The molecule has 1 aromatic carbocycles. The van der Waals surface area contributed by atoms with Crippen LogP contribution in [0.25, 0.3) is 0 Å². The van der Waals surface area contributed by atoms with E-state index in [1.807, 2.05) is 11.8 Å². The fraction of sp³-hybridized carbons (Fsp3) is 0.455. The van der Waals surface area contributed by atoms with Crippen LogP contribution < -0.4 is 0 Å². The van der Waals surface area contributed by atoms with E-state index in [0.717, 1.165) is 11.5 Å². The minimum atomic E-state index is -0.180. The van der Waals surface area contributed by atoms with Crippen molar-refractivity contribution in [2.75, 3.05) is 11.5 Å². The Kier molecular flexibility index (Phi) is 3.81. The maximum absolute atomic E-state index is 13.4. The first kappa shape index (κ1) is 11.6. The summed E-state index contributed by atoms with van der Waals surface area (Å²) in [5, 5.41) is 0.747. The van der Waals surface area contributed by atoms with Crippen molar-refractivity contribution < 1.29 is 4.39 Å². The highest BCUT2D eigenvalue weighted by molar-refractivity contribution is 7.99. The Morgan fingerprint density at radius 2 is 2.20 bits per heavy atom. The summed E-state index contributed by atoms with van der Waals surface area (Å²) in [6.07, 6.45) is 0.688. The Labute approximate surface area is 103 Å². The lowest BCUT2D eigenvalue weighted by Crippen LogP contribution is -2.15. The molecule has 0 spiro atoms.